The number of nitrogens with two attached hydrogens (primary N) is 1. The Morgan fingerprint density at radius 1 is 1.59 bits per heavy atom. The largest absolute Gasteiger partial charge is 0.394 e. The molecule has 1 saturated heterocycles. The molecule has 2 atom stereocenters. The van der Waals surface area contributed by atoms with E-state index in [1.165, 1.54) is 6.20 Å². The van der Waals surface area contributed by atoms with E-state index >= 15 is 0 Å². The highest BCUT2D eigenvalue weighted by molar-refractivity contribution is 6.28. The van der Waals surface area contributed by atoms with Crippen molar-refractivity contribution in [1.82, 2.24) is 14.9 Å². The number of nitrogens with one attached hydrogen (secondary N) is 1. The lowest BCUT2D eigenvalue weighted by molar-refractivity contribution is 0.206. The number of rotatable bonds is 2. The number of likely N-dealkylation sites (tertiary alicyclic amines) is 1. The summed E-state index contributed by atoms with van der Waals surface area (Å²) < 4.78 is 0. The molecule has 0 bridgehead atoms. The smallest absolute Gasteiger partial charge is 0.224 e. The summed E-state index contributed by atoms with van der Waals surface area (Å²) in [6, 6.07) is 0.388. The molecule has 0 saturated carbocycles. The zero-order valence-electron chi connectivity index (χ0n) is 10.2. The lowest BCUT2D eigenvalue weighted by Crippen LogP contribution is -2.43. The lowest BCUT2D eigenvalue weighted by atomic mass is 9.94. The van der Waals surface area contributed by atoms with Gasteiger partial charge in [0.05, 0.1) is 11.9 Å². The molecular formula is C11H18ClN5. The van der Waals surface area contributed by atoms with Crippen LogP contribution in [-0.2, 0) is 0 Å². The standard InChI is InChI=1S/C11H18ClN5/c1-7-6-17(2)4-3-9(7)15-10-8(13)5-14-11(12)16-10/h5,7,9H,3-4,6,13H2,1-2H3,(H,14,15,16). The molecule has 17 heavy (non-hydrogen) atoms. The molecular weight excluding hydrogens is 238 g/mol. The van der Waals surface area contributed by atoms with Crippen molar-refractivity contribution in [2.75, 3.05) is 31.2 Å². The van der Waals surface area contributed by atoms with Crippen molar-refractivity contribution < 1.29 is 0 Å². The van der Waals surface area contributed by atoms with E-state index in [4.69, 9.17) is 17.3 Å². The van der Waals surface area contributed by atoms with Crippen molar-refractivity contribution in [3.05, 3.63) is 11.5 Å². The van der Waals surface area contributed by atoms with Gasteiger partial charge in [-0.05, 0) is 37.5 Å². The molecule has 3 N–H and O–H groups in total. The minimum Gasteiger partial charge on any atom is -0.394 e. The van der Waals surface area contributed by atoms with E-state index in [0.29, 0.717) is 23.5 Å². The average Bonchev–Trinajstić information content (AvgIpc) is 2.27. The minimum absolute atomic E-state index is 0.224. The molecule has 2 rings (SSSR count). The van der Waals surface area contributed by atoms with Crippen LogP contribution in [0.1, 0.15) is 13.3 Å². The Balaban J connectivity index is 2.07. The van der Waals surface area contributed by atoms with E-state index in [2.05, 4.69) is 34.2 Å². The molecule has 5 nitrogen and oxygen atoms in total. The number of halogens is 1. The highest BCUT2D eigenvalue weighted by Gasteiger charge is 2.24. The summed E-state index contributed by atoms with van der Waals surface area (Å²) in [6.45, 7) is 4.39. The van der Waals surface area contributed by atoms with Crippen LogP contribution in [0.3, 0.4) is 0 Å². The summed E-state index contributed by atoms with van der Waals surface area (Å²) >= 11 is 5.77. The van der Waals surface area contributed by atoms with Gasteiger partial charge in [0.25, 0.3) is 0 Å². The Morgan fingerprint density at radius 3 is 3.06 bits per heavy atom. The predicted octanol–water partition coefficient (Wildman–Crippen LogP) is 1.46. The number of anilines is 2. The zero-order valence-corrected chi connectivity index (χ0v) is 10.9. The van der Waals surface area contributed by atoms with Crippen LogP contribution < -0.4 is 11.1 Å². The zero-order chi connectivity index (χ0) is 12.4. The molecule has 94 valence electrons. The third-order valence-corrected chi connectivity index (χ3v) is 3.40. The fourth-order valence-electron chi connectivity index (χ4n) is 2.23. The molecule has 0 spiro atoms. The summed E-state index contributed by atoms with van der Waals surface area (Å²) in [5, 5.41) is 3.60. The summed E-state index contributed by atoms with van der Waals surface area (Å²) in [5.41, 5.74) is 6.36. The number of hydrogen-bond acceptors (Lipinski definition) is 5. The van der Waals surface area contributed by atoms with Gasteiger partial charge in [0.15, 0.2) is 5.82 Å². The van der Waals surface area contributed by atoms with Crippen LogP contribution >= 0.6 is 11.6 Å². The third-order valence-electron chi connectivity index (χ3n) is 3.22. The van der Waals surface area contributed by atoms with Crippen LogP contribution in [0.15, 0.2) is 6.20 Å². The molecule has 2 heterocycles. The average molecular weight is 256 g/mol. The SMILES string of the molecule is CC1CN(C)CCC1Nc1nc(Cl)ncc1N. The Labute approximate surface area is 106 Å². The van der Waals surface area contributed by atoms with E-state index in [1.807, 2.05) is 0 Å². The molecule has 1 aliphatic heterocycles. The second-order valence-corrected chi connectivity index (χ2v) is 5.06. The first kappa shape index (κ1) is 12.4. The van der Waals surface area contributed by atoms with Crippen molar-refractivity contribution in [2.45, 2.75) is 19.4 Å². The van der Waals surface area contributed by atoms with Crippen LogP contribution in [-0.4, -0.2) is 41.0 Å². The predicted molar refractivity (Wildman–Crippen MR) is 70.1 cm³/mol. The molecule has 1 fully saturated rings. The number of nitrogens with zero attached hydrogens (tertiary/aromatic N) is 3. The fraction of sp³-hybridized carbons (Fsp3) is 0.636. The van der Waals surface area contributed by atoms with E-state index in [0.717, 1.165) is 19.5 Å². The van der Waals surface area contributed by atoms with Gasteiger partial charge in [-0.15, -0.1) is 0 Å². The first-order valence-electron chi connectivity index (χ1n) is 5.79. The molecule has 2 unspecified atom stereocenters. The third kappa shape index (κ3) is 2.98. The number of aromatic nitrogens is 2. The highest BCUT2D eigenvalue weighted by atomic mass is 35.5. The molecule has 6 heteroatoms. The maximum Gasteiger partial charge on any atom is 0.224 e. The van der Waals surface area contributed by atoms with Gasteiger partial charge in [0, 0.05) is 12.6 Å². The summed E-state index contributed by atoms with van der Waals surface area (Å²) in [4.78, 5) is 10.3. The van der Waals surface area contributed by atoms with Gasteiger partial charge in [-0.1, -0.05) is 6.92 Å². The molecule has 0 aliphatic carbocycles. The molecule has 0 amide bonds. The van der Waals surface area contributed by atoms with Crippen LogP contribution in [0.4, 0.5) is 11.5 Å². The lowest BCUT2D eigenvalue weighted by Gasteiger charge is -2.35. The highest BCUT2D eigenvalue weighted by Crippen LogP contribution is 2.23. The maximum atomic E-state index is 5.82. The van der Waals surface area contributed by atoms with Crippen molar-refractivity contribution in [2.24, 2.45) is 5.92 Å². The second-order valence-electron chi connectivity index (χ2n) is 4.72. The molecule has 1 aliphatic rings. The van der Waals surface area contributed by atoms with Gasteiger partial charge in [-0.2, -0.15) is 4.98 Å². The number of piperidine rings is 1. The normalized spacial score (nSPS) is 25.8. The Bertz CT molecular complexity index is 397. The summed E-state index contributed by atoms with van der Waals surface area (Å²) in [7, 11) is 2.14. The van der Waals surface area contributed by atoms with E-state index in [-0.39, 0.29) is 5.28 Å². The van der Waals surface area contributed by atoms with Gasteiger partial charge in [-0.3, -0.25) is 0 Å². The monoisotopic (exact) mass is 255 g/mol. The van der Waals surface area contributed by atoms with Gasteiger partial charge >= 0.3 is 0 Å². The van der Waals surface area contributed by atoms with Crippen molar-refractivity contribution >= 4 is 23.1 Å². The summed E-state index contributed by atoms with van der Waals surface area (Å²) in [5.74, 6) is 1.20. The van der Waals surface area contributed by atoms with Gasteiger partial charge in [0.2, 0.25) is 5.28 Å². The van der Waals surface area contributed by atoms with E-state index < -0.39 is 0 Å². The Morgan fingerprint density at radius 2 is 2.35 bits per heavy atom. The quantitative estimate of drug-likeness (QED) is 0.784. The van der Waals surface area contributed by atoms with E-state index in [1.54, 1.807) is 0 Å². The molecule has 0 radical (unpaired) electrons. The topological polar surface area (TPSA) is 67.1 Å². The first-order valence-corrected chi connectivity index (χ1v) is 6.17. The Hall–Kier alpha value is -1.07. The molecule has 1 aromatic heterocycles. The van der Waals surface area contributed by atoms with Crippen molar-refractivity contribution in [3.8, 4) is 0 Å². The van der Waals surface area contributed by atoms with Gasteiger partial charge in [-0.25, -0.2) is 4.98 Å². The van der Waals surface area contributed by atoms with Gasteiger partial charge < -0.3 is 16.0 Å². The summed E-state index contributed by atoms with van der Waals surface area (Å²) in [6.07, 6.45) is 2.62. The van der Waals surface area contributed by atoms with Gasteiger partial charge in [0.1, 0.15) is 0 Å². The van der Waals surface area contributed by atoms with E-state index in [9.17, 15) is 0 Å². The molecule has 1 aromatic rings. The molecule has 0 aromatic carbocycles. The van der Waals surface area contributed by atoms with Crippen molar-refractivity contribution in [1.29, 1.82) is 0 Å². The van der Waals surface area contributed by atoms with Crippen LogP contribution in [0.2, 0.25) is 5.28 Å². The minimum atomic E-state index is 0.224. The van der Waals surface area contributed by atoms with Crippen LogP contribution in [0, 0.1) is 5.92 Å². The number of nitrogen functional groups attached to an aromatic ring is 1. The fourth-order valence-corrected chi connectivity index (χ4v) is 2.36. The Kier molecular flexibility index (Phi) is 3.69. The first-order chi connectivity index (χ1) is 8.06. The van der Waals surface area contributed by atoms with Crippen LogP contribution in [0.25, 0.3) is 0 Å². The van der Waals surface area contributed by atoms with Crippen molar-refractivity contribution in [3.63, 3.8) is 0 Å². The van der Waals surface area contributed by atoms with Crippen LogP contribution in [0.5, 0.6) is 0 Å². The maximum absolute atomic E-state index is 5.82. The second kappa shape index (κ2) is 5.06. The number of hydrogen-bond donors (Lipinski definition) is 2.